The highest BCUT2D eigenvalue weighted by molar-refractivity contribution is 7.18. The minimum atomic E-state index is -0.601. The molecule has 128 valence electrons. The van der Waals surface area contributed by atoms with Gasteiger partial charge in [-0.25, -0.2) is 0 Å². The first kappa shape index (κ1) is 18.4. The number of rotatable bonds is 6. The van der Waals surface area contributed by atoms with E-state index in [-0.39, 0.29) is 17.7 Å². The zero-order chi connectivity index (χ0) is 17.7. The van der Waals surface area contributed by atoms with Crippen molar-refractivity contribution in [2.45, 2.75) is 33.2 Å². The molecule has 0 saturated carbocycles. The van der Waals surface area contributed by atoms with Crippen LogP contribution in [0.4, 0.5) is 5.13 Å². The molecule has 1 aromatic carbocycles. The van der Waals surface area contributed by atoms with E-state index in [2.05, 4.69) is 20.8 Å². The second-order valence-corrected chi connectivity index (χ2v) is 6.89. The van der Waals surface area contributed by atoms with Crippen LogP contribution in [0.15, 0.2) is 24.3 Å². The summed E-state index contributed by atoms with van der Waals surface area (Å²) >= 11 is 7.13. The highest BCUT2D eigenvalue weighted by Crippen LogP contribution is 2.27. The highest BCUT2D eigenvalue weighted by Gasteiger charge is 2.25. The number of benzene rings is 1. The standard InChI is InChI=1S/C16H19ClN4O2S/c1-4-9(2)13(18-10(3)22)14(23)19-16-21-20-15(24-16)11-5-7-12(17)8-6-11/h5-9,13H,4H2,1-3H3,(H,18,22)(H,19,21,23)/t9-,13-/m1/s1. The summed E-state index contributed by atoms with van der Waals surface area (Å²) in [4.78, 5) is 23.8. The third-order valence-corrected chi connectivity index (χ3v) is 4.74. The molecule has 0 unspecified atom stereocenters. The Morgan fingerprint density at radius 2 is 1.92 bits per heavy atom. The van der Waals surface area contributed by atoms with Crippen LogP contribution in [-0.4, -0.2) is 28.1 Å². The number of amides is 2. The highest BCUT2D eigenvalue weighted by atomic mass is 35.5. The number of aromatic nitrogens is 2. The Bertz CT molecular complexity index is 717. The molecule has 2 N–H and O–H groups in total. The number of halogens is 1. The number of hydrogen-bond donors (Lipinski definition) is 2. The molecule has 0 aliphatic rings. The van der Waals surface area contributed by atoms with Gasteiger partial charge in [-0.2, -0.15) is 0 Å². The predicted octanol–water partition coefficient (Wildman–Crippen LogP) is 3.35. The molecule has 2 atom stereocenters. The second-order valence-electron chi connectivity index (χ2n) is 5.47. The maximum absolute atomic E-state index is 12.4. The van der Waals surface area contributed by atoms with Crippen molar-refractivity contribution < 1.29 is 9.59 Å². The fraction of sp³-hybridized carbons (Fsp3) is 0.375. The zero-order valence-corrected chi connectivity index (χ0v) is 15.2. The summed E-state index contributed by atoms with van der Waals surface area (Å²) in [5.41, 5.74) is 0.873. The first-order valence-corrected chi connectivity index (χ1v) is 8.77. The lowest BCUT2D eigenvalue weighted by atomic mass is 9.98. The normalized spacial score (nSPS) is 13.2. The van der Waals surface area contributed by atoms with E-state index in [0.29, 0.717) is 15.2 Å². The van der Waals surface area contributed by atoms with Crippen molar-refractivity contribution in [1.29, 1.82) is 0 Å². The molecular formula is C16H19ClN4O2S. The lowest BCUT2D eigenvalue weighted by molar-refractivity contribution is -0.126. The molecule has 24 heavy (non-hydrogen) atoms. The summed E-state index contributed by atoms with van der Waals surface area (Å²) in [6.07, 6.45) is 0.768. The molecule has 2 rings (SSSR count). The van der Waals surface area contributed by atoms with E-state index in [1.165, 1.54) is 18.3 Å². The molecule has 0 bridgehead atoms. The quantitative estimate of drug-likeness (QED) is 0.821. The molecule has 0 aliphatic heterocycles. The summed E-state index contributed by atoms with van der Waals surface area (Å²) in [5, 5.41) is 15.2. The molecule has 0 fully saturated rings. The van der Waals surface area contributed by atoms with E-state index in [9.17, 15) is 9.59 Å². The molecule has 8 heteroatoms. The summed E-state index contributed by atoms with van der Waals surface area (Å²) in [5.74, 6) is -0.523. The van der Waals surface area contributed by atoms with Crippen molar-refractivity contribution in [3.63, 3.8) is 0 Å². The van der Waals surface area contributed by atoms with Crippen LogP contribution >= 0.6 is 22.9 Å². The van der Waals surface area contributed by atoms with Crippen molar-refractivity contribution >= 4 is 39.9 Å². The van der Waals surface area contributed by atoms with Crippen molar-refractivity contribution in [3.05, 3.63) is 29.3 Å². The predicted molar refractivity (Wildman–Crippen MR) is 96.0 cm³/mol. The van der Waals surface area contributed by atoms with Crippen LogP contribution in [0.1, 0.15) is 27.2 Å². The van der Waals surface area contributed by atoms with Crippen LogP contribution in [-0.2, 0) is 9.59 Å². The molecule has 0 radical (unpaired) electrons. The minimum Gasteiger partial charge on any atom is -0.344 e. The molecule has 0 aliphatic carbocycles. The number of hydrogen-bond acceptors (Lipinski definition) is 5. The summed E-state index contributed by atoms with van der Waals surface area (Å²) in [6.45, 7) is 5.28. The van der Waals surface area contributed by atoms with Gasteiger partial charge in [-0.15, -0.1) is 10.2 Å². The molecule has 0 saturated heterocycles. The van der Waals surface area contributed by atoms with E-state index >= 15 is 0 Å². The lowest BCUT2D eigenvalue weighted by Gasteiger charge is -2.22. The third kappa shape index (κ3) is 4.75. The zero-order valence-electron chi connectivity index (χ0n) is 13.7. The van der Waals surface area contributed by atoms with Crippen LogP contribution in [0.5, 0.6) is 0 Å². The van der Waals surface area contributed by atoms with Crippen molar-refractivity contribution in [1.82, 2.24) is 15.5 Å². The Balaban J connectivity index is 2.11. The lowest BCUT2D eigenvalue weighted by Crippen LogP contribution is -2.46. The van der Waals surface area contributed by atoms with Gasteiger partial charge < -0.3 is 5.32 Å². The van der Waals surface area contributed by atoms with Gasteiger partial charge in [0.25, 0.3) is 0 Å². The van der Waals surface area contributed by atoms with Crippen LogP contribution < -0.4 is 10.6 Å². The molecule has 6 nitrogen and oxygen atoms in total. The van der Waals surface area contributed by atoms with Gasteiger partial charge in [-0.3, -0.25) is 14.9 Å². The Kier molecular flexibility index (Phi) is 6.28. The van der Waals surface area contributed by atoms with Crippen LogP contribution in [0.3, 0.4) is 0 Å². The molecular weight excluding hydrogens is 348 g/mol. The smallest absolute Gasteiger partial charge is 0.249 e. The Morgan fingerprint density at radius 3 is 2.50 bits per heavy atom. The Hall–Kier alpha value is -1.99. The number of nitrogens with zero attached hydrogens (tertiary/aromatic N) is 2. The van der Waals surface area contributed by atoms with Crippen molar-refractivity contribution in [2.75, 3.05) is 5.32 Å². The van der Waals surface area contributed by atoms with Crippen LogP contribution in [0.2, 0.25) is 5.02 Å². The van der Waals surface area contributed by atoms with Gasteiger partial charge in [-0.1, -0.05) is 55.3 Å². The monoisotopic (exact) mass is 366 g/mol. The van der Waals surface area contributed by atoms with Gasteiger partial charge in [0.05, 0.1) is 0 Å². The summed E-state index contributed by atoms with van der Waals surface area (Å²) in [7, 11) is 0. The van der Waals surface area contributed by atoms with Crippen molar-refractivity contribution in [3.8, 4) is 10.6 Å². The molecule has 1 aromatic heterocycles. The number of carbonyl (C=O) groups is 2. The van der Waals surface area contributed by atoms with Gasteiger partial charge in [0.1, 0.15) is 11.0 Å². The minimum absolute atomic E-state index is 0.0116. The van der Waals surface area contributed by atoms with Gasteiger partial charge in [0.15, 0.2) is 0 Å². The van der Waals surface area contributed by atoms with Crippen molar-refractivity contribution in [2.24, 2.45) is 5.92 Å². The first-order valence-electron chi connectivity index (χ1n) is 7.58. The maximum Gasteiger partial charge on any atom is 0.249 e. The third-order valence-electron chi connectivity index (χ3n) is 3.60. The molecule has 0 spiro atoms. The molecule has 2 amide bonds. The topological polar surface area (TPSA) is 84.0 Å². The fourth-order valence-corrected chi connectivity index (χ4v) is 2.96. The Labute approximate surface area is 149 Å². The summed E-state index contributed by atoms with van der Waals surface area (Å²) in [6, 6.07) is 6.62. The van der Waals surface area contributed by atoms with Gasteiger partial charge in [0.2, 0.25) is 16.9 Å². The van der Waals surface area contributed by atoms with E-state index in [1.807, 2.05) is 26.0 Å². The van der Waals surface area contributed by atoms with Gasteiger partial charge in [0, 0.05) is 17.5 Å². The largest absolute Gasteiger partial charge is 0.344 e. The number of anilines is 1. The summed E-state index contributed by atoms with van der Waals surface area (Å²) < 4.78 is 0. The van der Waals surface area contributed by atoms with Gasteiger partial charge >= 0.3 is 0 Å². The first-order chi connectivity index (χ1) is 11.4. The number of nitrogens with one attached hydrogen (secondary N) is 2. The van der Waals surface area contributed by atoms with Gasteiger partial charge in [-0.05, 0) is 18.1 Å². The average molecular weight is 367 g/mol. The average Bonchev–Trinajstić information content (AvgIpc) is 3.00. The van der Waals surface area contributed by atoms with Crippen LogP contribution in [0.25, 0.3) is 10.6 Å². The maximum atomic E-state index is 12.4. The second kappa shape index (κ2) is 8.21. The Morgan fingerprint density at radius 1 is 1.25 bits per heavy atom. The van der Waals surface area contributed by atoms with E-state index < -0.39 is 6.04 Å². The SMILES string of the molecule is CC[C@@H](C)[C@@H](NC(C)=O)C(=O)Nc1nnc(-c2ccc(Cl)cc2)s1. The van der Waals surface area contributed by atoms with E-state index in [4.69, 9.17) is 11.6 Å². The number of carbonyl (C=O) groups excluding carboxylic acids is 2. The van der Waals surface area contributed by atoms with E-state index in [1.54, 1.807) is 12.1 Å². The fourth-order valence-electron chi connectivity index (χ4n) is 2.09. The van der Waals surface area contributed by atoms with Crippen LogP contribution in [0, 0.1) is 5.92 Å². The van der Waals surface area contributed by atoms with E-state index in [0.717, 1.165) is 12.0 Å². The molecule has 2 aromatic rings. The molecule has 1 heterocycles.